The number of hydrogen-bond acceptors (Lipinski definition) is 1. The number of nitrogens with two attached hydrogens (primary N) is 1. The van der Waals surface area contributed by atoms with Crippen LogP contribution in [0.4, 0.5) is 0 Å². The minimum Gasteiger partial charge on any atom is -0.353 e. The highest BCUT2D eigenvalue weighted by Crippen LogP contribution is 2.28. The Kier molecular flexibility index (Phi) is 2.64. The maximum atomic E-state index is 6.08. The first-order valence-corrected chi connectivity index (χ1v) is 5.61. The van der Waals surface area contributed by atoms with Gasteiger partial charge in [0.05, 0.1) is 0 Å². The molecule has 0 aromatic carbocycles. The zero-order valence-corrected chi connectivity index (χ0v) is 9.16. The summed E-state index contributed by atoms with van der Waals surface area (Å²) >= 11 is 0. The Morgan fingerprint density at radius 3 is 2.93 bits per heavy atom. The lowest BCUT2D eigenvalue weighted by Crippen LogP contribution is -2.15. The minimum absolute atomic E-state index is 0.284. The van der Waals surface area contributed by atoms with Gasteiger partial charge in [-0.05, 0) is 36.3 Å². The van der Waals surface area contributed by atoms with E-state index in [0.717, 1.165) is 13.0 Å². The molecule has 1 aromatic rings. The first kappa shape index (κ1) is 9.78. The van der Waals surface area contributed by atoms with E-state index >= 15 is 0 Å². The lowest BCUT2D eigenvalue weighted by atomic mass is 9.92. The molecule has 2 nitrogen and oxygen atoms in total. The lowest BCUT2D eigenvalue weighted by Gasteiger charge is -2.17. The van der Waals surface area contributed by atoms with Crippen LogP contribution < -0.4 is 5.73 Å². The first-order chi connectivity index (χ1) is 6.66. The molecule has 2 N–H and O–H groups in total. The van der Waals surface area contributed by atoms with E-state index in [9.17, 15) is 0 Å². The molecule has 0 radical (unpaired) electrons. The predicted molar refractivity (Wildman–Crippen MR) is 59.1 cm³/mol. The van der Waals surface area contributed by atoms with E-state index in [-0.39, 0.29) is 6.04 Å². The summed E-state index contributed by atoms with van der Waals surface area (Å²) in [5.74, 6) is 0.708. The van der Waals surface area contributed by atoms with E-state index in [1.165, 1.54) is 24.0 Å². The summed E-state index contributed by atoms with van der Waals surface area (Å²) in [5.41, 5.74) is 8.94. The second kappa shape index (κ2) is 3.77. The van der Waals surface area contributed by atoms with E-state index < -0.39 is 0 Å². The number of nitrogens with zero attached hydrogens (tertiary/aromatic N) is 1. The molecule has 0 saturated heterocycles. The number of aryl methyl sites for hydroxylation is 1. The van der Waals surface area contributed by atoms with Crippen LogP contribution in [0.3, 0.4) is 0 Å². The van der Waals surface area contributed by atoms with Crippen molar-refractivity contribution in [3.8, 4) is 0 Å². The normalized spacial score (nSPS) is 21.3. The molecule has 2 heteroatoms. The van der Waals surface area contributed by atoms with Gasteiger partial charge < -0.3 is 10.3 Å². The highest BCUT2D eigenvalue weighted by Gasteiger charge is 2.18. The van der Waals surface area contributed by atoms with Gasteiger partial charge in [-0.2, -0.15) is 0 Å². The number of aromatic nitrogens is 1. The Morgan fingerprint density at radius 1 is 1.50 bits per heavy atom. The molecule has 0 spiro atoms. The monoisotopic (exact) mass is 192 g/mol. The van der Waals surface area contributed by atoms with Gasteiger partial charge in [0.15, 0.2) is 0 Å². The molecule has 1 aliphatic carbocycles. The molecule has 1 aromatic heterocycles. The van der Waals surface area contributed by atoms with Gasteiger partial charge >= 0.3 is 0 Å². The van der Waals surface area contributed by atoms with Crippen molar-refractivity contribution in [3.63, 3.8) is 0 Å². The van der Waals surface area contributed by atoms with E-state index in [1.807, 2.05) is 0 Å². The van der Waals surface area contributed by atoms with Crippen molar-refractivity contribution in [2.24, 2.45) is 11.7 Å². The Hall–Kier alpha value is -0.760. The summed E-state index contributed by atoms with van der Waals surface area (Å²) in [5, 5.41) is 0. The maximum absolute atomic E-state index is 6.08. The molecule has 0 saturated carbocycles. The van der Waals surface area contributed by atoms with Crippen molar-refractivity contribution in [2.45, 2.75) is 45.7 Å². The van der Waals surface area contributed by atoms with Crippen LogP contribution in [0.15, 0.2) is 12.4 Å². The van der Waals surface area contributed by atoms with Gasteiger partial charge in [0, 0.05) is 25.0 Å². The fourth-order valence-electron chi connectivity index (χ4n) is 2.31. The molecule has 2 rings (SSSR count). The second-order valence-corrected chi connectivity index (χ2v) is 4.83. The predicted octanol–water partition coefficient (Wildman–Crippen LogP) is 2.48. The average Bonchev–Trinajstić information content (AvgIpc) is 2.47. The summed E-state index contributed by atoms with van der Waals surface area (Å²) < 4.78 is 2.31. The van der Waals surface area contributed by atoms with Crippen molar-refractivity contribution < 1.29 is 0 Å². The molecule has 0 fully saturated rings. The van der Waals surface area contributed by atoms with Gasteiger partial charge in [0.2, 0.25) is 0 Å². The van der Waals surface area contributed by atoms with E-state index in [2.05, 4.69) is 30.8 Å². The van der Waals surface area contributed by atoms with Gasteiger partial charge in [-0.3, -0.25) is 0 Å². The van der Waals surface area contributed by atoms with Crippen LogP contribution in [0.2, 0.25) is 0 Å². The van der Waals surface area contributed by atoms with E-state index in [0.29, 0.717) is 5.92 Å². The molecular weight excluding hydrogens is 172 g/mol. The molecule has 1 atom stereocenters. The van der Waals surface area contributed by atoms with Crippen LogP contribution in [0.5, 0.6) is 0 Å². The van der Waals surface area contributed by atoms with Gasteiger partial charge in [-0.1, -0.05) is 13.8 Å². The average molecular weight is 192 g/mol. The van der Waals surface area contributed by atoms with Crippen LogP contribution in [0, 0.1) is 5.92 Å². The fourth-order valence-corrected chi connectivity index (χ4v) is 2.31. The molecule has 0 aliphatic heterocycles. The second-order valence-electron chi connectivity index (χ2n) is 4.83. The third-order valence-electron chi connectivity index (χ3n) is 2.93. The Labute approximate surface area is 86.1 Å². The maximum Gasteiger partial charge on any atom is 0.0312 e. The number of hydrogen-bond donors (Lipinski definition) is 1. The van der Waals surface area contributed by atoms with Crippen molar-refractivity contribution in [1.29, 1.82) is 0 Å². The first-order valence-electron chi connectivity index (χ1n) is 5.61. The highest BCUT2D eigenvalue weighted by molar-refractivity contribution is 5.29. The van der Waals surface area contributed by atoms with Crippen LogP contribution in [0.25, 0.3) is 0 Å². The SMILES string of the molecule is CC(C)Cn1cc2c(c1)C(N)CCC2. The molecule has 14 heavy (non-hydrogen) atoms. The largest absolute Gasteiger partial charge is 0.353 e. The van der Waals surface area contributed by atoms with Gasteiger partial charge in [0.1, 0.15) is 0 Å². The Balaban J connectivity index is 2.21. The van der Waals surface area contributed by atoms with Crippen LogP contribution in [-0.4, -0.2) is 4.57 Å². The van der Waals surface area contributed by atoms with Crippen LogP contribution in [-0.2, 0) is 13.0 Å². The standard InChI is InChI=1S/C12H20N2/c1-9(2)6-14-7-10-4-3-5-12(13)11(10)8-14/h7-9,12H,3-6,13H2,1-2H3. The molecule has 1 heterocycles. The summed E-state index contributed by atoms with van der Waals surface area (Å²) in [6.07, 6.45) is 8.15. The minimum atomic E-state index is 0.284. The van der Waals surface area contributed by atoms with Crippen LogP contribution >= 0.6 is 0 Å². The van der Waals surface area contributed by atoms with E-state index in [1.54, 1.807) is 0 Å². The van der Waals surface area contributed by atoms with E-state index in [4.69, 9.17) is 5.73 Å². The van der Waals surface area contributed by atoms with Crippen molar-refractivity contribution >= 4 is 0 Å². The molecule has 1 aliphatic rings. The smallest absolute Gasteiger partial charge is 0.0312 e. The topological polar surface area (TPSA) is 30.9 Å². The zero-order chi connectivity index (χ0) is 10.1. The number of rotatable bonds is 2. The summed E-state index contributed by atoms with van der Waals surface area (Å²) in [6, 6.07) is 0.284. The highest BCUT2D eigenvalue weighted by atomic mass is 14.9. The van der Waals surface area contributed by atoms with Crippen molar-refractivity contribution in [2.75, 3.05) is 0 Å². The summed E-state index contributed by atoms with van der Waals surface area (Å²) in [6.45, 7) is 5.61. The summed E-state index contributed by atoms with van der Waals surface area (Å²) in [4.78, 5) is 0. The third-order valence-corrected chi connectivity index (χ3v) is 2.93. The molecule has 0 amide bonds. The van der Waals surface area contributed by atoms with Gasteiger partial charge in [-0.25, -0.2) is 0 Å². The summed E-state index contributed by atoms with van der Waals surface area (Å²) in [7, 11) is 0. The number of fused-ring (bicyclic) bond motifs is 1. The molecule has 0 bridgehead atoms. The Bertz CT molecular complexity index is 312. The Morgan fingerprint density at radius 2 is 2.29 bits per heavy atom. The zero-order valence-electron chi connectivity index (χ0n) is 9.16. The van der Waals surface area contributed by atoms with Crippen molar-refractivity contribution in [1.82, 2.24) is 4.57 Å². The lowest BCUT2D eigenvalue weighted by molar-refractivity contribution is 0.523. The van der Waals surface area contributed by atoms with Gasteiger partial charge in [-0.15, -0.1) is 0 Å². The van der Waals surface area contributed by atoms with Crippen molar-refractivity contribution in [3.05, 3.63) is 23.5 Å². The fraction of sp³-hybridized carbons (Fsp3) is 0.667. The molecule has 78 valence electrons. The quantitative estimate of drug-likeness (QED) is 0.766. The molecule has 1 unspecified atom stereocenters. The third kappa shape index (κ3) is 1.85. The van der Waals surface area contributed by atoms with Crippen LogP contribution in [0.1, 0.15) is 43.9 Å². The molecular formula is C12H20N2. The van der Waals surface area contributed by atoms with Gasteiger partial charge in [0.25, 0.3) is 0 Å².